The summed E-state index contributed by atoms with van der Waals surface area (Å²) in [6.45, 7) is 3.73. The third-order valence-corrected chi connectivity index (χ3v) is 2.26. The van der Waals surface area contributed by atoms with Gasteiger partial charge in [-0.25, -0.2) is 0 Å². The maximum absolute atomic E-state index is 3.73. The van der Waals surface area contributed by atoms with E-state index in [2.05, 4.69) is 6.58 Å². The average molecular weight is 137 g/mol. The number of allylic oxidation sites excluding steroid dienone is 1. The molecule has 1 fully saturated rings. The zero-order valence-corrected chi connectivity index (χ0v) is 6.73. The van der Waals surface area contributed by atoms with Gasteiger partial charge in [-0.3, -0.25) is 0 Å². The Labute approximate surface area is 64.3 Å². The van der Waals surface area contributed by atoms with E-state index in [1.54, 1.807) is 5.92 Å². The smallest absolute Gasteiger partial charge is 0.0238 e. The Morgan fingerprint density at radius 1 is 1.20 bits per heavy atom. The van der Waals surface area contributed by atoms with Gasteiger partial charge in [-0.05, 0) is 31.6 Å². The fourth-order valence-corrected chi connectivity index (χ4v) is 1.61. The van der Waals surface area contributed by atoms with Crippen LogP contribution in [0.1, 0.15) is 44.9 Å². The first-order chi connectivity index (χ1) is 4.93. The van der Waals surface area contributed by atoms with Crippen molar-refractivity contribution < 1.29 is 0 Å². The Morgan fingerprint density at radius 3 is 2.50 bits per heavy atom. The lowest BCUT2D eigenvalue weighted by molar-refractivity contribution is 0.507. The highest BCUT2D eigenvalue weighted by Gasteiger charge is 2.11. The molecule has 1 aliphatic carbocycles. The maximum Gasteiger partial charge on any atom is -0.0238 e. The summed E-state index contributed by atoms with van der Waals surface area (Å²) in [5, 5.41) is 0. The van der Waals surface area contributed by atoms with Crippen LogP contribution < -0.4 is 0 Å². The summed E-state index contributed by atoms with van der Waals surface area (Å²) < 4.78 is 0. The highest BCUT2D eigenvalue weighted by molar-refractivity contribution is 4.93. The van der Waals surface area contributed by atoms with E-state index in [9.17, 15) is 0 Å². The quantitative estimate of drug-likeness (QED) is 0.522. The van der Waals surface area contributed by atoms with Crippen molar-refractivity contribution in [3.63, 3.8) is 0 Å². The van der Waals surface area contributed by atoms with Gasteiger partial charge in [0.2, 0.25) is 0 Å². The average Bonchev–Trinajstić information content (AvgIpc) is 2.03. The highest BCUT2D eigenvalue weighted by Crippen LogP contribution is 2.28. The molecule has 0 aromatic carbocycles. The highest BCUT2D eigenvalue weighted by atomic mass is 14.2. The van der Waals surface area contributed by atoms with Gasteiger partial charge >= 0.3 is 0 Å². The van der Waals surface area contributed by atoms with E-state index in [0.717, 1.165) is 0 Å². The van der Waals surface area contributed by atoms with Crippen LogP contribution in [0.2, 0.25) is 0 Å². The molecule has 0 amide bonds. The Balaban J connectivity index is 2.07. The summed E-state index contributed by atoms with van der Waals surface area (Å²) in [5.74, 6) is 1.78. The first kappa shape index (κ1) is 7.84. The fraction of sp³-hybridized carbons (Fsp3) is 0.700. The van der Waals surface area contributed by atoms with Crippen LogP contribution in [-0.4, -0.2) is 0 Å². The molecule has 1 aliphatic rings. The number of rotatable bonds is 3. The molecule has 0 aliphatic heterocycles. The van der Waals surface area contributed by atoms with E-state index in [4.69, 9.17) is 0 Å². The van der Waals surface area contributed by atoms with Gasteiger partial charge in [0.25, 0.3) is 0 Å². The van der Waals surface area contributed by atoms with Crippen LogP contribution in [0.4, 0.5) is 0 Å². The van der Waals surface area contributed by atoms with Gasteiger partial charge in [-0.15, -0.1) is 6.58 Å². The van der Waals surface area contributed by atoms with Crippen molar-refractivity contribution in [2.45, 2.75) is 44.9 Å². The maximum atomic E-state index is 3.73. The predicted octanol–water partition coefficient (Wildman–Crippen LogP) is 3.49. The molecular formula is C10H17. The summed E-state index contributed by atoms with van der Waals surface area (Å²) in [4.78, 5) is 0. The summed E-state index contributed by atoms with van der Waals surface area (Å²) in [7, 11) is 0. The van der Waals surface area contributed by atoms with Crippen molar-refractivity contribution in [2.75, 3.05) is 0 Å². The lowest BCUT2D eigenvalue weighted by Gasteiger charge is -2.19. The minimum atomic E-state index is 1.19. The van der Waals surface area contributed by atoms with Crippen LogP contribution >= 0.6 is 0 Å². The van der Waals surface area contributed by atoms with E-state index < -0.39 is 0 Å². The molecule has 1 saturated carbocycles. The summed E-state index contributed by atoms with van der Waals surface area (Å²) in [6, 6.07) is 0. The standard InChI is InChI=1S/C10H17/c1-2-3-7-10-8-5-4-6-9-10/h2H,1,3-9H2. The molecular weight excluding hydrogens is 120 g/mol. The van der Waals surface area contributed by atoms with E-state index in [0.29, 0.717) is 0 Å². The second-order valence-corrected chi connectivity index (χ2v) is 3.14. The minimum Gasteiger partial charge on any atom is -0.103 e. The number of hydrogen-bond acceptors (Lipinski definition) is 0. The van der Waals surface area contributed by atoms with Crippen LogP contribution in [0.5, 0.6) is 0 Å². The Kier molecular flexibility index (Phi) is 3.56. The SMILES string of the molecule is C=CCC[C]1CCCCC1. The van der Waals surface area contributed by atoms with Crippen LogP contribution in [0.25, 0.3) is 0 Å². The molecule has 1 rings (SSSR count). The lowest BCUT2D eigenvalue weighted by Crippen LogP contribution is -2.02. The zero-order valence-electron chi connectivity index (χ0n) is 6.73. The molecule has 0 nitrogen and oxygen atoms in total. The molecule has 1 radical (unpaired) electrons. The van der Waals surface area contributed by atoms with E-state index in [1.165, 1.54) is 44.9 Å². The van der Waals surface area contributed by atoms with E-state index in [1.807, 2.05) is 6.08 Å². The molecule has 0 aromatic rings. The second kappa shape index (κ2) is 4.54. The predicted molar refractivity (Wildman–Crippen MR) is 45.8 cm³/mol. The molecule has 0 heteroatoms. The fourth-order valence-electron chi connectivity index (χ4n) is 1.61. The molecule has 0 unspecified atom stereocenters. The van der Waals surface area contributed by atoms with Gasteiger partial charge in [0.05, 0.1) is 0 Å². The van der Waals surface area contributed by atoms with Crippen LogP contribution in [0.3, 0.4) is 0 Å². The van der Waals surface area contributed by atoms with E-state index >= 15 is 0 Å². The molecule has 0 aromatic heterocycles. The van der Waals surface area contributed by atoms with Crippen molar-refractivity contribution >= 4 is 0 Å². The van der Waals surface area contributed by atoms with Gasteiger partial charge in [0, 0.05) is 0 Å². The van der Waals surface area contributed by atoms with Crippen molar-refractivity contribution in [1.29, 1.82) is 0 Å². The normalized spacial score (nSPS) is 20.8. The Hall–Kier alpha value is -0.260. The van der Waals surface area contributed by atoms with Crippen LogP contribution in [-0.2, 0) is 0 Å². The topological polar surface area (TPSA) is 0 Å². The van der Waals surface area contributed by atoms with Crippen molar-refractivity contribution in [2.24, 2.45) is 0 Å². The third kappa shape index (κ3) is 2.55. The molecule has 0 heterocycles. The zero-order chi connectivity index (χ0) is 7.23. The van der Waals surface area contributed by atoms with Gasteiger partial charge in [-0.1, -0.05) is 25.3 Å². The molecule has 0 atom stereocenters. The number of hydrogen-bond donors (Lipinski definition) is 0. The van der Waals surface area contributed by atoms with Crippen LogP contribution in [0.15, 0.2) is 12.7 Å². The Bertz CT molecular complexity index is 88.2. The largest absolute Gasteiger partial charge is 0.103 e. The van der Waals surface area contributed by atoms with Crippen molar-refractivity contribution in [1.82, 2.24) is 0 Å². The van der Waals surface area contributed by atoms with Crippen LogP contribution in [0, 0.1) is 5.92 Å². The first-order valence-corrected chi connectivity index (χ1v) is 4.38. The molecule has 10 heavy (non-hydrogen) atoms. The minimum absolute atomic E-state index is 1.19. The third-order valence-electron chi connectivity index (χ3n) is 2.26. The second-order valence-electron chi connectivity index (χ2n) is 3.14. The van der Waals surface area contributed by atoms with Gasteiger partial charge in [0.15, 0.2) is 0 Å². The summed E-state index contributed by atoms with van der Waals surface area (Å²) >= 11 is 0. The summed E-state index contributed by atoms with van der Waals surface area (Å²) in [5.41, 5.74) is 0. The van der Waals surface area contributed by atoms with Gasteiger partial charge in [0.1, 0.15) is 0 Å². The lowest BCUT2D eigenvalue weighted by atomic mass is 9.86. The first-order valence-electron chi connectivity index (χ1n) is 4.38. The van der Waals surface area contributed by atoms with Gasteiger partial charge in [-0.2, -0.15) is 0 Å². The van der Waals surface area contributed by atoms with E-state index in [-0.39, 0.29) is 0 Å². The molecule has 0 N–H and O–H groups in total. The monoisotopic (exact) mass is 137 g/mol. The van der Waals surface area contributed by atoms with Crippen molar-refractivity contribution in [3.8, 4) is 0 Å². The molecule has 57 valence electrons. The van der Waals surface area contributed by atoms with Gasteiger partial charge < -0.3 is 0 Å². The summed E-state index contributed by atoms with van der Waals surface area (Å²) in [6.07, 6.45) is 11.7. The molecule has 0 spiro atoms. The Morgan fingerprint density at radius 2 is 1.90 bits per heavy atom. The molecule has 0 bridgehead atoms. The van der Waals surface area contributed by atoms with Crippen molar-refractivity contribution in [3.05, 3.63) is 18.6 Å². The molecule has 0 saturated heterocycles.